The van der Waals surface area contributed by atoms with Crippen molar-refractivity contribution >= 4 is 91.3 Å². The Kier molecular flexibility index (Phi) is 9.38. The molecule has 3 aromatic carbocycles. The molecule has 1 saturated heterocycles. The Morgan fingerprint density at radius 1 is 0.973 bits per heavy atom. The third-order valence-corrected chi connectivity index (χ3v) is 8.06. The molecule has 4 rings (SSSR count). The van der Waals surface area contributed by atoms with Gasteiger partial charge in [-0.3, -0.25) is 14.5 Å². The monoisotopic (exact) mass is 659 g/mol. The summed E-state index contributed by atoms with van der Waals surface area (Å²) in [6.45, 7) is 2.42. The summed E-state index contributed by atoms with van der Waals surface area (Å²) in [4.78, 5) is 27.1. The maximum atomic E-state index is 13.1. The van der Waals surface area contributed by atoms with Crippen LogP contribution in [0.15, 0.2) is 57.9 Å². The zero-order valence-corrected chi connectivity index (χ0v) is 24.6. The van der Waals surface area contributed by atoms with E-state index in [4.69, 9.17) is 55.9 Å². The average Bonchev–Trinajstić information content (AvgIpc) is 3.09. The fourth-order valence-electron chi connectivity index (χ4n) is 3.49. The highest BCUT2D eigenvalue weighted by molar-refractivity contribution is 9.10. The van der Waals surface area contributed by atoms with E-state index >= 15 is 0 Å². The number of thioether (sulfide) groups is 1. The topological polar surface area (TPSA) is 55.8 Å². The molecule has 0 spiro atoms. The van der Waals surface area contributed by atoms with Crippen LogP contribution in [0.1, 0.15) is 23.6 Å². The standard InChI is InChI=1S/C26H18BrCl4NO4S/c1-2-35-22-9-14(8-18(27)24(22)36-13-15-6-7-16(28)11-21(15)31)10-23-25(33)32(26(34)37-23)12-17-19(29)4-3-5-20(17)30/h3-11H,2,12-13H2,1H3/b23-10-. The molecule has 0 aromatic heterocycles. The Bertz CT molecular complexity index is 1400. The zero-order chi connectivity index (χ0) is 26.7. The third kappa shape index (κ3) is 6.59. The number of rotatable bonds is 8. The Morgan fingerprint density at radius 3 is 2.38 bits per heavy atom. The molecule has 0 N–H and O–H groups in total. The van der Waals surface area contributed by atoms with Crippen LogP contribution in [0.25, 0.3) is 6.08 Å². The molecule has 0 aliphatic carbocycles. The number of amides is 2. The predicted octanol–water partition coefficient (Wildman–Crippen LogP) is 9.28. The molecule has 0 unspecified atom stereocenters. The van der Waals surface area contributed by atoms with Gasteiger partial charge in [0.05, 0.1) is 22.5 Å². The number of nitrogens with zero attached hydrogens (tertiary/aromatic N) is 1. The lowest BCUT2D eigenvalue weighted by molar-refractivity contribution is -0.123. The Hall–Kier alpha value is -1.87. The van der Waals surface area contributed by atoms with Crippen molar-refractivity contribution in [1.82, 2.24) is 4.90 Å². The molecule has 1 aliphatic heterocycles. The van der Waals surface area contributed by atoms with Crippen LogP contribution in [0.4, 0.5) is 4.79 Å². The number of carbonyl (C=O) groups is 2. The molecule has 1 heterocycles. The van der Waals surface area contributed by atoms with Crippen LogP contribution in [0, 0.1) is 0 Å². The highest BCUT2D eigenvalue weighted by atomic mass is 79.9. The number of imide groups is 1. The minimum Gasteiger partial charge on any atom is -0.490 e. The van der Waals surface area contributed by atoms with Gasteiger partial charge in [-0.1, -0.05) is 58.5 Å². The molecule has 0 atom stereocenters. The Labute approximate surface area is 246 Å². The van der Waals surface area contributed by atoms with Crippen LogP contribution >= 0.6 is 74.1 Å². The van der Waals surface area contributed by atoms with Crippen molar-refractivity contribution in [3.8, 4) is 11.5 Å². The maximum Gasteiger partial charge on any atom is 0.293 e. The van der Waals surface area contributed by atoms with Crippen molar-refractivity contribution < 1.29 is 19.1 Å². The maximum absolute atomic E-state index is 13.1. The van der Waals surface area contributed by atoms with Gasteiger partial charge < -0.3 is 9.47 Å². The molecule has 11 heteroatoms. The zero-order valence-electron chi connectivity index (χ0n) is 19.2. The van der Waals surface area contributed by atoms with E-state index in [1.54, 1.807) is 54.6 Å². The fraction of sp³-hybridized carbons (Fsp3) is 0.154. The van der Waals surface area contributed by atoms with Crippen molar-refractivity contribution in [2.24, 2.45) is 0 Å². The van der Waals surface area contributed by atoms with Crippen molar-refractivity contribution in [2.75, 3.05) is 6.61 Å². The number of hydrogen-bond donors (Lipinski definition) is 0. The minimum absolute atomic E-state index is 0.0194. The van der Waals surface area contributed by atoms with E-state index in [9.17, 15) is 9.59 Å². The van der Waals surface area contributed by atoms with Gasteiger partial charge in [-0.2, -0.15) is 0 Å². The summed E-state index contributed by atoms with van der Waals surface area (Å²) in [5.74, 6) is 0.513. The summed E-state index contributed by atoms with van der Waals surface area (Å²) in [6, 6.07) is 13.7. The molecule has 0 radical (unpaired) electrons. The molecule has 3 aromatic rings. The lowest BCUT2D eigenvalue weighted by Gasteiger charge is -2.16. The number of halogens is 5. The molecule has 5 nitrogen and oxygen atoms in total. The molecule has 0 saturated carbocycles. The number of ether oxygens (including phenoxy) is 2. The second kappa shape index (κ2) is 12.3. The van der Waals surface area contributed by atoms with Crippen molar-refractivity contribution in [1.29, 1.82) is 0 Å². The first-order chi connectivity index (χ1) is 17.7. The summed E-state index contributed by atoms with van der Waals surface area (Å²) < 4.78 is 12.4. The number of carbonyl (C=O) groups excluding carboxylic acids is 2. The van der Waals surface area contributed by atoms with Crippen LogP contribution < -0.4 is 9.47 Å². The normalized spacial score (nSPS) is 14.5. The van der Waals surface area contributed by atoms with Gasteiger partial charge in [-0.15, -0.1) is 0 Å². The van der Waals surface area contributed by atoms with E-state index in [1.807, 2.05) is 6.92 Å². The van der Waals surface area contributed by atoms with E-state index in [2.05, 4.69) is 15.9 Å². The van der Waals surface area contributed by atoms with Gasteiger partial charge in [0.15, 0.2) is 11.5 Å². The van der Waals surface area contributed by atoms with Gasteiger partial charge in [0.1, 0.15) is 6.61 Å². The molecule has 192 valence electrons. The van der Waals surface area contributed by atoms with Crippen LogP contribution in [-0.2, 0) is 17.9 Å². The Morgan fingerprint density at radius 2 is 1.70 bits per heavy atom. The Balaban J connectivity index is 1.58. The summed E-state index contributed by atoms with van der Waals surface area (Å²) >= 11 is 29.1. The van der Waals surface area contributed by atoms with Crippen LogP contribution in [0.5, 0.6) is 11.5 Å². The van der Waals surface area contributed by atoms with Gasteiger partial charge in [0, 0.05) is 31.2 Å². The number of benzene rings is 3. The first-order valence-electron chi connectivity index (χ1n) is 10.9. The summed E-state index contributed by atoms with van der Waals surface area (Å²) in [5.41, 5.74) is 1.92. The highest BCUT2D eigenvalue weighted by Gasteiger charge is 2.35. The first kappa shape index (κ1) is 28.1. The lowest BCUT2D eigenvalue weighted by Crippen LogP contribution is -2.27. The first-order valence-corrected chi connectivity index (χ1v) is 14.0. The smallest absolute Gasteiger partial charge is 0.293 e. The van der Waals surface area contributed by atoms with Gasteiger partial charge in [0.2, 0.25) is 0 Å². The average molecular weight is 662 g/mol. The van der Waals surface area contributed by atoms with Gasteiger partial charge >= 0.3 is 0 Å². The third-order valence-electron chi connectivity index (χ3n) is 5.27. The molecule has 2 amide bonds. The van der Waals surface area contributed by atoms with Gasteiger partial charge in [-0.05, 0) is 82.7 Å². The van der Waals surface area contributed by atoms with E-state index in [-0.39, 0.29) is 18.1 Å². The fourth-order valence-corrected chi connectivity index (χ4v) is 5.88. The molecular formula is C26H18BrCl4NO4S. The second-order valence-electron chi connectivity index (χ2n) is 7.76. The van der Waals surface area contributed by atoms with Gasteiger partial charge in [-0.25, -0.2) is 0 Å². The summed E-state index contributed by atoms with van der Waals surface area (Å²) in [7, 11) is 0. The van der Waals surface area contributed by atoms with Crippen LogP contribution in [0.3, 0.4) is 0 Å². The highest BCUT2D eigenvalue weighted by Crippen LogP contribution is 2.40. The molecule has 37 heavy (non-hydrogen) atoms. The van der Waals surface area contributed by atoms with E-state index < -0.39 is 11.1 Å². The van der Waals surface area contributed by atoms with Crippen molar-refractivity contribution in [3.63, 3.8) is 0 Å². The van der Waals surface area contributed by atoms with Crippen molar-refractivity contribution in [2.45, 2.75) is 20.1 Å². The van der Waals surface area contributed by atoms with Crippen LogP contribution in [0.2, 0.25) is 20.1 Å². The van der Waals surface area contributed by atoms with Crippen molar-refractivity contribution in [3.05, 3.63) is 94.7 Å². The quantitative estimate of drug-likeness (QED) is 0.225. The molecular weight excluding hydrogens is 644 g/mol. The largest absolute Gasteiger partial charge is 0.490 e. The number of hydrogen-bond acceptors (Lipinski definition) is 5. The molecule has 1 fully saturated rings. The van der Waals surface area contributed by atoms with E-state index in [1.165, 1.54) is 0 Å². The SMILES string of the molecule is CCOc1cc(/C=C2\SC(=O)N(Cc3c(Cl)cccc3Cl)C2=O)cc(Br)c1OCc1ccc(Cl)cc1Cl. The van der Waals surface area contributed by atoms with E-state index in [0.717, 1.165) is 22.2 Å². The summed E-state index contributed by atoms with van der Waals surface area (Å²) in [6.07, 6.45) is 1.63. The van der Waals surface area contributed by atoms with Crippen LogP contribution in [-0.4, -0.2) is 22.7 Å². The van der Waals surface area contributed by atoms with Gasteiger partial charge in [0.25, 0.3) is 11.1 Å². The molecule has 1 aliphatic rings. The predicted molar refractivity (Wildman–Crippen MR) is 154 cm³/mol. The lowest BCUT2D eigenvalue weighted by atomic mass is 10.1. The van der Waals surface area contributed by atoms with E-state index in [0.29, 0.717) is 53.8 Å². The second-order valence-corrected chi connectivity index (χ2v) is 11.3. The summed E-state index contributed by atoms with van der Waals surface area (Å²) in [5, 5.41) is 1.39. The minimum atomic E-state index is -0.433. The molecule has 0 bridgehead atoms.